The maximum atomic E-state index is 14.4. The zero-order valence-corrected chi connectivity index (χ0v) is 26.4. The second kappa shape index (κ2) is 11.4. The molecular formula is C36H26N2O6S2. The topological polar surface area (TPSA) is 116 Å². The summed E-state index contributed by atoms with van der Waals surface area (Å²) < 4.78 is 9.85. The van der Waals surface area contributed by atoms with E-state index in [2.05, 4.69) is 4.98 Å². The van der Waals surface area contributed by atoms with Crippen LogP contribution in [0.3, 0.4) is 0 Å². The van der Waals surface area contributed by atoms with Crippen LogP contribution in [0.2, 0.25) is 0 Å². The molecule has 1 atom stereocenters. The van der Waals surface area contributed by atoms with E-state index in [0.29, 0.717) is 48.9 Å². The highest BCUT2D eigenvalue weighted by molar-refractivity contribution is 7.24. The van der Waals surface area contributed by atoms with E-state index in [1.165, 1.54) is 45.6 Å². The van der Waals surface area contributed by atoms with Gasteiger partial charge < -0.3 is 9.84 Å². The Labute approximate surface area is 269 Å². The number of aliphatic hydroxyl groups is 1. The van der Waals surface area contributed by atoms with Crippen molar-refractivity contribution in [1.82, 2.24) is 9.55 Å². The summed E-state index contributed by atoms with van der Waals surface area (Å²) in [7, 11) is 0. The first-order valence-corrected chi connectivity index (χ1v) is 16.2. The molecule has 8 nitrogen and oxygen atoms in total. The lowest BCUT2D eigenvalue weighted by Gasteiger charge is -2.27. The summed E-state index contributed by atoms with van der Waals surface area (Å²) in [6.07, 6.45) is 1.18. The van der Waals surface area contributed by atoms with E-state index in [1.54, 1.807) is 55.5 Å². The van der Waals surface area contributed by atoms with Crippen molar-refractivity contribution < 1.29 is 19.4 Å². The first-order chi connectivity index (χ1) is 22.2. The number of carbonyl (C=O) groups is 2. The summed E-state index contributed by atoms with van der Waals surface area (Å²) in [6, 6.07) is 23.9. The molecule has 46 heavy (non-hydrogen) atoms. The maximum Gasteiger partial charge on any atom is 0.419 e. The Hall–Kier alpha value is -5.03. The predicted octanol–water partition coefficient (Wildman–Crippen LogP) is 6.97. The zero-order valence-electron chi connectivity index (χ0n) is 24.8. The van der Waals surface area contributed by atoms with Gasteiger partial charge in [0.05, 0.1) is 5.69 Å². The van der Waals surface area contributed by atoms with Crippen LogP contribution in [0.1, 0.15) is 34.4 Å². The zero-order chi connectivity index (χ0) is 32.2. The number of Topliss-reactive ketones (excluding diaryl/α,β-unsaturated/α-hetero) is 1. The second-order valence-electron chi connectivity index (χ2n) is 11.0. The van der Waals surface area contributed by atoms with Gasteiger partial charge in [-0.2, -0.15) is 0 Å². The number of carbonyl (C=O) groups excluding carboxylic acids is 2. The highest BCUT2D eigenvalue weighted by atomic mass is 32.1. The molecule has 0 aliphatic heterocycles. The van der Waals surface area contributed by atoms with Gasteiger partial charge in [-0.25, -0.2) is 14.3 Å². The van der Waals surface area contributed by atoms with Crippen LogP contribution in [0.5, 0.6) is 0 Å². The van der Waals surface area contributed by atoms with E-state index in [1.807, 2.05) is 31.2 Å². The number of nitrogens with zero attached hydrogens (tertiary/aromatic N) is 2. The molecule has 0 amide bonds. The van der Waals surface area contributed by atoms with Crippen molar-refractivity contribution in [2.24, 2.45) is 0 Å². The fourth-order valence-corrected chi connectivity index (χ4v) is 7.82. The number of ketones is 1. The van der Waals surface area contributed by atoms with Crippen LogP contribution in [0.4, 0.5) is 4.79 Å². The minimum absolute atomic E-state index is 0.0575. The average molecular weight is 647 g/mol. The minimum atomic E-state index is -2.40. The smallest absolute Gasteiger partial charge is 0.419 e. The Kier molecular flexibility index (Phi) is 7.35. The molecule has 3 heterocycles. The third-order valence-corrected chi connectivity index (χ3v) is 10.4. The molecule has 0 fully saturated rings. The number of rotatable bonds is 6. The lowest BCUT2D eigenvalue weighted by molar-refractivity contribution is -0.0101. The first-order valence-electron chi connectivity index (χ1n) is 14.6. The van der Waals surface area contributed by atoms with Crippen molar-refractivity contribution in [2.45, 2.75) is 25.9 Å². The van der Waals surface area contributed by atoms with Crippen molar-refractivity contribution in [3.05, 3.63) is 134 Å². The monoisotopic (exact) mass is 646 g/mol. The quantitative estimate of drug-likeness (QED) is 0.153. The molecule has 1 unspecified atom stereocenters. The van der Waals surface area contributed by atoms with Crippen LogP contribution in [-0.4, -0.2) is 33.1 Å². The summed E-state index contributed by atoms with van der Waals surface area (Å²) in [5, 5.41) is 14.0. The third-order valence-electron chi connectivity index (χ3n) is 8.08. The molecule has 7 rings (SSSR count). The molecule has 0 saturated heterocycles. The van der Waals surface area contributed by atoms with Crippen molar-refractivity contribution in [2.75, 3.05) is 6.61 Å². The molecule has 4 aromatic carbocycles. The van der Waals surface area contributed by atoms with Gasteiger partial charge in [0, 0.05) is 58.5 Å². The molecule has 3 aromatic heterocycles. The molecule has 10 heteroatoms. The molecule has 7 aromatic rings. The molecular weight excluding hydrogens is 621 g/mol. The van der Waals surface area contributed by atoms with E-state index in [9.17, 15) is 24.3 Å². The molecule has 1 N–H and O–H groups in total. The van der Waals surface area contributed by atoms with Gasteiger partial charge in [-0.1, -0.05) is 37.3 Å². The SMILES string of the molecule is CCc1nc(C)cn1C(=O)OCC(O)(C(=O)c1ccc2sc3ccccc3c(=O)c2c1)c1ccc2sc3ccccc3c(=O)c2c1. The molecule has 0 radical (unpaired) electrons. The third kappa shape index (κ3) is 4.91. The van der Waals surface area contributed by atoms with E-state index in [0.717, 1.165) is 9.40 Å². The van der Waals surface area contributed by atoms with Crippen LogP contribution in [-0.2, 0) is 16.8 Å². The molecule has 0 spiro atoms. The first kappa shape index (κ1) is 29.7. The molecule has 0 saturated carbocycles. The highest BCUT2D eigenvalue weighted by Gasteiger charge is 2.41. The number of aromatic nitrogens is 2. The van der Waals surface area contributed by atoms with E-state index in [-0.39, 0.29) is 22.0 Å². The number of fused-ring (bicyclic) bond motifs is 4. The molecule has 0 aliphatic carbocycles. The van der Waals surface area contributed by atoms with Crippen molar-refractivity contribution >= 4 is 74.9 Å². The minimum Gasteiger partial charge on any atom is -0.445 e. The Balaban J connectivity index is 1.36. The van der Waals surface area contributed by atoms with Gasteiger partial charge in [-0.05, 0) is 67.1 Å². The van der Waals surface area contributed by atoms with E-state index in [4.69, 9.17) is 4.74 Å². The van der Waals surface area contributed by atoms with Crippen molar-refractivity contribution in [1.29, 1.82) is 0 Å². The molecule has 0 aliphatic rings. The Bertz CT molecular complexity index is 2500. The van der Waals surface area contributed by atoms with Gasteiger partial charge in [0.1, 0.15) is 12.4 Å². The van der Waals surface area contributed by atoms with E-state index < -0.39 is 24.1 Å². The van der Waals surface area contributed by atoms with Crippen LogP contribution in [0.25, 0.3) is 40.3 Å². The van der Waals surface area contributed by atoms with Gasteiger partial charge in [0.15, 0.2) is 16.5 Å². The van der Waals surface area contributed by atoms with Gasteiger partial charge in [0.2, 0.25) is 5.78 Å². The van der Waals surface area contributed by atoms with Crippen molar-refractivity contribution in [3.63, 3.8) is 0 Å². The van der Waals surface area contributed by atoms with Crippen LogP contribution in [0.15, 0.2) is 101 Å². The van der Waals surface area contributed by atoms with E-state index >= 15 is 0 Å². The Morgan fingerprint density at radius 2 is 1.37 bits per heavy atom. The fourth-order valence-electron chi connectivity index (χ4n) is 5.71. The fraction of sp³-hybridized carbons (Fsp3) is 0.139. The number of benzene rings is 4. The van der Waals surface area contributed by atoms with Crippen LogP contribution < -0.4 is 10.9 Å². The number of imidazole rings is 1. The average Bonchev–Trinajstić information content (AvgIpc) is 3.47. The van der Waals surface area contributed by atoms with Crippen molar-refractivity contribution in [3.8, 4) is 0 Å². The maximum absolute atomic E-state index is 14.4. The summed E-state index contributed by atoms with van der Waals surface area (Å²) in [4.78, 5) is 58.9. The lowest BCUT2D eigenvalue weighted by Crippen LogP contribution is -2.42. The molecule has 228 valence electrons. The number of ether oxygens (including phenoxy) is 1. The largest absolute Gasteiger partial charge is 0.445 e. The lowest BCUT2D eigenvalue weighted by atomic mass is 9.85. The van der Waals surface area contributed by atoms with Crippen LogP contribution >= 0.6 is 22.7 Å². The predicted molar refractivity (Wildman–Crippen MR) is 183 cm³/mol. The number of hydrogen-bond acceptors (Lipinski definition) is 9. The molecule has 0 bridgehead atoms. The Morgan fingerprint density at radius 1 is 0.804 bits per heavy atom. The second-order valence-corrected chi connectivity index (χ2v) is 13.2. The normalized spacial score (nSPS) is 12.9. The van der Waals surface area contributed by atoms with Gasteiger partial charge >= 0.3 is 6.09 Å². The Morgan fingerprint density at radius 3 is 2.00 bits per heavy atom. The highest BCUT2D eigenvalue weighted by Crippen LogP contribution is 2.33. The standard InChI is InChI=1S/C36H26N2O6S2/c1-3-31-37-20(2)18-38(31)35(42)44-19-36(43,22-13-15-30-26(17-22)33(40)24-9-5-7-11-28(24)46-30)34(41)21-12-14-29-25(16-21)32(39)23-8-4-6-10-27(23)45-29/h4-18,43H,3,19H2,1-2H3. The summed E-state index contributed by atoms with van der Waals surface area (Å²) in [5.41, 5.74) is -2.11. The van der Waals surface area contributed by atoms with Gasteiger partial charge in [0.25, 0.3) is 0 Å². The van der Waals surface area contributed by atoms with Gasteiger partial charge in [-0.15, -0.1) is 22.7 Å². The summed E-state index contributed by atoms with van der Waals surface area (Å²) >= 11 is 2.84. The number of hydrogen-bond donors (Lipinski definition) is 1. The summed E-state index contributed by atoms with van der Waals surface area (Å²) in [6.45, 7) is 2.85. The summed E-state index contributed by atoms with van der Waals surface area (Å²) in [5.74, 6) is -0.313. The number of aryl methyl sites for hydroxylation is 2. The van der Waals surface area contributed by atoms with Gasteiger partial charge in [-0.3, -0.25) is 14.4 Å². The van der Waals surface area contributed by atoms with Crippen LogP contribution in [0, 0.1) is 6.92 Å².